The molecule has 0 bridgehead atoms. The summed E-state index contributed by atoms with van der Waals surface area (Å²) in [7, 11) is 5.87. The molecule has 2 saturated heterocycles. The van der Waals surface area contributed by atoms with Crippen LogP contribution in [0.15, 0.2) is 0 Å². The average molecular weight is 1560 g/mol. The van der Waals surface area contributed by atoms with Crippen molar-refractivity contribution in [3.63, 3.8) is 0 Å². The number of nitrogens with one attached hydrogen (secondary N) is 9. The summed E-state index contributed by atoms with van der Waals surface area (Å²) in [5.41, 5.74) is 9.01. The fourth-order valence-electron chi connectivity index (χ4n) is 8.53. The number of amides is 9. The number of likely N-dealkylation sites (N-methyl/N-ethyl adjacent to an activating group) is 2. The monoisotopic (exact) mass is 1560 g/mol. The third-order valence-corrected chi connectivity index (χ3v) is 13.3. The molecule has 0 aromatic rings. The Morgan fingerprint density at radius 2 is 0.682 bits per heavy atom. The van der Waals surface area contributed by atoms with E-state index in [-0.39, 0.29) is 125 Å². The Morgan fingerprint density at radius 1 is 0.421 bits per heavy atom. The predicted molar refractivity (Wildman–Crippen MR) is 412 cm³/mol. The number of likely N-dealkylation sites (tertiary alicyclic amines) is 1. The first-order valence-corrected chi connectivity index (χ1v) is 37.2. The third kappa shape index (κ3) is 75.6. The molecule has 9 amide bonds. The number of hydrogen-bond donors (Lipinski definition) is 12. The lowest BCUT2D eigenvalue weighted by Gasteiger charge is -2.31. The van der Waals surface area contributed by atoms with Crippen LogP contribution in [0.4, 0.5) is 35.1 Å². The molecule has 636 valence electrons. The van der Waals surface area contributed by atoms with Crippen LogP contribution in [0.5, 0.6) is 0 Å². The van der Waals surface area contributed by atoms with Crippen molar-refractivity contribution >= 4 is 53.2 Å². The zero-order valence-corrected chi connectivity index (χ0v) is 70.9. The summed E-state index contributed by atoms with van der Waals surface area (Å²) in [6.07, 6.45) is -5.41. The summed E-state index contributed by atoms with van der Waals surface area (Å²) in [6, 6.07) is -4.18. The number of aliphatic hydroxyl groups excluding tert-OH is 1. The largest absolute Gasteiger partial charge is 0.412 e. The zero-order chi connectivity index (χ0) is 85.7. The number of hydrogen-bond acceptors (Lipinski definition) is 16. The summed E-state index contributed by atoms with van der Waals surface area (Å²) in [5.74, 6) is -5.56. The Balaban J connectivity index is -0.000000269. The lowest BCUT2D eigenvalue weighted by atomic mass is 9.88. The van der Waals surface area contributed by atoms with Gasteiger partial charge in [0.15, 0.2) is 12.1 Å². The van der Waals surface area contributed by atoms with Crippen LogP contribution in [-0.4, -0.2) is 249 Å². The summed E-state index contributed by atoms with van der Waals surface area (Å²) in [5, 5.41) is 33.2. The number of halogens is 8. The molecule has 107 heavy (non-hydrogen) atoms. The minimum Gasteiger partial charge on any atom is -0.383 e. The molecule has 25 nitrogen and oxygen atoms in total. The van der Waals surface area contributed by atoms with E-state index in [4.69, 9.17) is 0 Å². The van der Waals surface area contributed by atoms with Gasteiger partial charge in [-0.1, -0.05) is 68.7 Å². The van der Waals surface area contributed by atoms with Gasteiger partial charge in [-0.15, -0.1) is 0 Å². The van der Waals surface area contributed by atoms with Crippen molar-refractivity contribution < 1.29 is 83.4 Å². The molecule has 0 radical (unpaired) electrons. The Labute approximate surface area is 638 Å². The van der Waals surface area contributed by atoms with Gasteiger partial charge in [0, 0.05) is 112 Å². The van der Waals surface area contributed by atoms with Gasteiger partial charge in [-0.2, -0.15) is 26.3 Å². The summed E-state index contributed by atoms with van der Waals surface area (Å²) >= 11 is 0. The molecule has 0 aromatic carbocycles. The maximum absolute atomic E-state index is 12.3. The molecule has 1 aliphatic carbocycles. The van der Waals surface area contributed by atoms with Gasteiger partial charge < -0.3 is 74.2 Å². The smallest absolute Gasteiger partial charge is 0.383 e. The molecule has 3 rings (SSSR count). The summed E-state index contributed by atoms with van der Waals surface area (Å²) in [6.45, 7) is 59.1. The molecule has 1 unspecified atom stereocenters. The van der Waals surface area contributed by atoms with Crippen LogP contribution in [0.1, 0.15) is 232 Å². The van der Waals surface area contributed by atoms with E-state index in [1.807, 2.05) is 137 Å². The van der Waals surface area contributed by atoms with E-state index in [0.29, 0.717) is 32.5 Å². The highest BCUT2D eigenvalue weighted by Gasteiger charge is 2.57. The molecular weight excluding hydrogens is 1410 g/mol. The standard InChI is InChI=1S/C10H21N3O.C10H20N2O.C9H19NO2.2C9H19NO.C8H13F2NO.C7H16N2O.2C6H11F3N2O/c1-9(2)11-10(14)8-13-6-4-12(3)5-7-13;1-9(2)11-10(13)8-12-6-4-3-5-7-12;1-6(2)10-8(12)7(11)9(3,4)5;2*1-7(2)10-8(11)6-9(3,4)5;1-5(2)11-7(12)3-6-4-8(6,9)10;1-6(2)8-7(10)5-9(3)4;2*1-3(2)11-5(12)4(10)6(7,8)9/h9H,4-8H2,1-3H3,(H,11,14);9H,3-8H2,1-2H3,(H,11,13);6-7,11H,1-5H3,(H,10,12);2*7H,6H2,1-5H3,(H,10,11);5-6H,3-4H2,1-2H3,(H,11,12);6H,5H2,1-4H3,(H,8,10);2*3-4H,10H2,1-2H3,(H,11,12)/t;;7-;;;;;2*4-/m..1....10/s1. The van der Waals surface area contributed by atoms with Gasteiger partial charge in [0.05, 0.1) is 19.6 Å². The normalized spacial score (nSPS) is 16.1. The maximum atomic E-state index is 12.3. The fourth-order valence-corrected chi connectivity index (χ4v) is 8.53. The van der Waals surface area contributed by atoms with E-state index >= 15 is 0 Å². The van der Waals surface area contributed by atoms with Gasteiger partial charge in [0.2, 0.25) is 53.2 Å². The second-order valence-corrected chi connectivity index (χ2v) is 33.6. The molecule has 33 heteroatoms. The van der Waals surface area contributed by atoms with Crippen LogP contribution in [-0.2, 0) is 43.2 Å². The molecule has 1 saturated carbocycles. The minimum absolute atomic E-state index is 0.0323. The number of carbonyl (C=O) groups excluding carboxylic acids is 9. The quantitative estimate of drug-likeness (QED) is 0.0457. The molecule has 14 N–H and O–H groups in total. The number of carbonyl (C=O) groups is 9. The maximum Gasteiger partial charge on any atom is 0.412 e. The SMILES string of the molecule is CC(C)NC(=O)CC(C)(C)C.CC(C)NC(=O)CC(C)(C)C.CC(C)NC(=O)CC1CC1(F)F.CC(C)NC(=O)CN(C)C.CC(C)NC(=O)CN1CCCCC1.CC(C)NC(=O)CN1CCN(C)CC1.CC(C)NC(=O)[C@@H](N)C(F)(F)F.CC(C)NC(=O)[C@@H](O)C(C)(C)C.CC(C)NC(=O)[C@H](N)C(F)(F)F. The first-order valence-electron chi connectivity index (χ1n) is 37.2. The van der Waals surface area contributed by atoms with Crippen molar-refractivity contribution in [1.82, 2.24) is 67.5 Å². The minimum atomic E-state index is -4.67. The highest BCUT2D eigenvalue weighted by Crippen LogP contribution is 2.50. The van der Waals surface area contributed by atoms with E-state index in [0.717, 1.165) is 39.3 Å². The Hall–Kier alpha value is -5.61. The average Bonchev–Trinajstić information content (AvgIpc) is 1.64. The third-order valence-electron chi connectivity index (χ3n) is 13.3. The van der Waals surface area contributed by atoms with Gasteiger partial charge in [0.1, 0.15) is 6.10 Å². The van der Waals surface area contributed by atoms with Gasteiger partial charge in [-0.3, -0.25) is 53.0 Å². The van der Waals surface area contributed by atoms with Crippen molar-refractivity contribution in [3.05, 3.63) is 0 Å². The fraction of sp³-hybridized carbons (Fsp3) is 0.878. The van der Waals surface area contributed by atoms with Crippen molar-refractivity contribution in [2.45, 2.75) is 323 Å². The van der Waals surface area contributed by atoms with Crippen molar-refractivity contribution in [1.29, 1.82) is 0 Å². The molecule has 2 heterocycles. The summed E-state index contributed by atoms with van der Waals surface area (Å²) in [4.78, 5) is 108. The van der Waals surface area contributed by atoms with Crippen molar-refractivity contribution in [3.8, 4) is 0 Å². The second-order valence-electron chi connectivity index (χ2n) is 33.6. The lowest BCUT2D eigenvalue weighted by Crippen LogP contribution is -2.51. The van der Waals surface area contributed by atoms with Crippen LogP contribution in [0.2, 0.25) is 0 Å². The Morgan fingerprint density at radius 3 is 0.935 bits per heavy atom. The van der Waals surface area contributed by atoms with E-state index in [2.05, 4.69) is 123 Å². The number of piperazine rings is 1. The second kappa shape index (κ2) is 55.7. The molecule has 3 aliphatic rings. The van der Waals surface area contributed by atoms with Crippen molar-refractivity contribution in [2.24, 2.45) is 33.6 Å². The van der Waals surface area contributed by atoms with Crippen LogP contribution in [0.25, 0.3) is 0 Å². The van der Waals surface area contributed by atoms with E-state index in [9.17, 15) is 83.4 Å². The highest BCUT2D eigenvalue weighted by atomic mass is 19.4. The van der Waals surface area contributed by atoms with Gasteiger partial charge in [-0.05, 0) is 188 Å². The molecule has 4 atom stereocenters. The van der Waals surface area contributed by atoms with Crippen molar-refractivity contribution in [2.75, 3.05) is 80.0 Å². The van der Waals surface area contributed by atoms with Gasteiger partial charge in [-0.25, -0.2) is 8.78 Å². The Kier molecular flexibility index (Phi) is 58.5. The lowest BCUT2D eigenvalue weighted by molar-refractivity contribution is -0.164. The number of rotatable bonds is 22. The first kappa shape index (κ1) is 112. The van der Waals surface area contributed by atoms with E-state index < -0.39 is 54.2 Å². The number of aliphatic hydroxyl groups is 1. The van der Waals surface area contributed by atoms with Gasteiger partial charge in [0.25, 0.3) is 5.92 Å². The number of nitrogens with zero attached hydrogens (tertiary/aromatic N) is 4. The first-order chi connectivity index (χ1) is 48.1. The number of piperidine rings is 1. The zero-order valence-electron chi connectivity index (χ0n) is 70.9. The number of nitrogens with two attached hydrogens (primary N) is 2. The van der Waals surface area contributed by atoms with Crippen LogP contribution >= 0.6 is 0 Å². The van der Waals surface area contributed by atoms with Crippen LogP contribution < -0.4 is 59.3 Å². The molecule has 2 aliphatic heterocycles. The van der Waals surface area contributed by atoms with Crippen LogP contribution in [0.3, 0.4) is 0 Å². The van der Waals surface area contributed by atoms with E-state index in [1.165, 1.54) is 19.3 Å². The molecule has 0 spiro atoms. The Bertz CT molecular complexity index is 2340. The molecule has 3 fully saturated rings. The van der Waals surface area contributed by atoms with E-state index in [1.54, 1.807) is 27.7 Å². The summed E-state index contributed by atoms with van der Waals surface area (Å²) < 4.78 is 95.2. The molecule has 0 aromatic heterocycles. The number of alkyl halides is 8. The topological polar surface area (TPSA) is 347 Å². The molecular formula is C74H149F8N15O10. The predicted octanol–water partition coefficient (Wildman–Crippen LogP) is 8.00. The van der Waals surface area contributed by atoms with Crippen LogP contribution in [0, 0.1) is 22.2 Å². The highest BCUT2D eigenvalue weighted by molar-refractivity contribution is 5.83. The van der Waals surface area contributed by atoms with Gasteiger partial charge >= 0.3 is 12.4 Å².